The number of nitrogens with zero attached hydrogens (tertiary/aromatic N) is 1. The van der Waals surface area contributed by atoms with Crippen LogP contribution >= 0.6 is 8.73 Å². The van der Waals surface area contributed by atoms with Crippen LogP contribution < -0.4 is 0 Å². The van der Waals surface area contributed by atoms with E-state index in [9.17, 15) is 4.79 Å². The van der Waals surface area contributed by atoms with Crippen LogP contribution in [0.25, 0.3) is 0 Å². The molecule has 114 valence electrons. The fourth-order valence-corrected chi connectivity index (χ4v) is 5.54. The fourth-order valence-electron chi connectivity index (χ4n) is 3.92. The van der Waals surface area contributed by atoms with Crippen LogP contribution in [0.1, 0.15) is 77.6 Å². The molecule has 3 rings (SSSR count). The maximum Gasteiger partial charge on any atom is 0.233 e. The molecule has 1 spiro atoms. The SMILES string of the molecule is CCCCCCC1CCC2(CC1)CN(PC1CC1)C2=O. The van der Waals surface area contributed by atoms with E-state index in [-0.39, 0.29) is 5.41 Å². The van der Waals surface area contributed by atoms with Crippen molar-refractivity contribution in [3.63, 3.8) is 0 Å². The van der Waals surface area contributed by atoms with Crippen molar-refractivity contribution in [2.45, 2.75) is 83.2 Å². The predicted molar refractivity (Wildman–Crippen MR) is 86.2 cm³/mol. The van der Waals surface area contributed by atoms with E-state index in [4.69, 9.17) is 0 Å². The first-order valence-corrected chi connectivity index (χ1v) is 9.84. The molecule has 3 aliphatic rings. The van der Waals surface area contributed by atoms with Crippen molar-refractivity contribution in [1.29, 1.82) is 0 Å². The third-order valence-electron chi connectivity index (χ3n) is 5.60. The molecule has 3 heteroatoms. The Bertz CT molecular complexity index is 345. The lowest BCUT2D eigenvalue weighted by atomic mass is 9.65. The molecule has 1 aliphatic heterocycles. The Balaban J connectivity index is 1.37. The summed E-state index contributed by atoms with van der Waals surface area (Å²) in [5, 5.41) is 0. The summed E-state index contributed by atoms with van der Waals surface area (Å²) in [6.07, 6.45) is 14.7. The average Bonchev–Trinajstić information content (AvgIpc) is 3.28. The van der Waals surface area contributed by atoms with Crippen LogP contribution in [0.2, 0.25) is 0 Å². The number of amides is 1. The standard InChI is InChI=1S/C17H30NOP/c1-2-3-4-5-6-14-9-11-17(12-10-14)13-18(16(17)19)20-15-7-8-15/h14-15,20H,2-13H2,1H3. The summed E-state index contributed by atoms with van der Waals surface area (Å²) in [5.74, 6) is 1.44. The molecule has 0 aromatic rings. The van der Waals surface area contributed by atoms with Crippen LogP contribution in [0.3, 0.4) is 0 Å². The molecular formula is C17H30NOP. The molecule has 2 aliphatic carbocycles. The van der Waals surface area contributed by atoms with E-state index < -0.39 is 0 Å². The van der Waals surface area contributed by atoms with Gasteiger partial charge in [0.2, 0.25) is 5.91 Å². The Morgan fingerprint density at radius 1 is 1.15 bits per heavy atom. The first-order valence-electron chi connectivity index (χ1n) is 8.82. The Hall–Kier alpha value is -0.100. The molecule has 1 saturated heterocycles. The van der Waals surface area contributed by atoms with Gasteiger partial charge in [0.05, 0.1) is 5.41 Å². The Kier molecular flexibility index (Phi) is 4.70. The van der Waals surface area contributed by atoms with Crippen molar-refractivity contribution < 1.29 is 4.79 Å². The number of carbonyl (C=O) groups is 1. The van der Waals surface area contributed by atoms with Crippen LogP contribution in [0.15, 0.2) is 0 Å². The topological polar surface area (TPSA) is 20.3 Å². The van der Waals surface area contributed by atoms with E-state index in [1.165, 1.54) is 70.6 Å². The highest BCUT2D eigenvalue weighted by atomic mass is 31.1. The molecule has 0 aromatic carbocycles. The van der Waals surface area contributed by atoms with Gasteiger partial charge in [-0.2, -0.15) is 0 Å². The molecule has 1 heterocycles. The van der Waals surface area contributed by atoms with E-state index in [1.54, 1.807) is 0 Å². The molecule has 20 heavy (non-hydrogen) atoms. The molecule has 3 fully saturated rings. The zero-order chi connectivity index (χ0) is 14.0. The van der Waals surface area contributed by atoms with Crippen molar-refractivity contribution in [2.75, 3.05) is 6.54 Å². The molecule has 2 saturated carbocycles. The van der Waals surface area contributed by atoms with Crippen LogP contribution in [-0.2, 0) is 4.79 Å². The minimum absolute atomic E-state index is 0.113. The van der Waals surface area contributed by atoms with E-state index in [0.717, 1.165) is 26.9 Å². The molecule has 0 aromatic heterocycles. The van der Waals surface area contributed by atoms with E-state index >= 15 is 0 Å². The second-order valence-electron chi connectivity index (χ2n) is 7.37. The molecule has 0 N–H and O–H groups in total. The van der Waals surface area contributed by atoms with E-state index in [1.807, 2.05) is 0 Å². The van der Waals surface area contributed by atoms with Gasteiger partial charge in [-0.3, -0.25) is 4.79 Å². The third kappa shape index (κ3) is 3.21. The van der Waals surface area contributed by atoms with E-state index in [2.05, 4.69) is 11.6 Å². The van der Waals surface area contributed by atoms with Crippen LogP contribution in [0.5, 0.6) is 0 Å². The Morgan fingerprint density at radius 3 is 2.50 bits per heavy atom. The highest BCUT2D eigenvalue weighted by Gasteiger charge is 2.53. The second-order valence-corrected chi connectivity index (χ2v) is 8.98. The van der Waals surface area contributed by atoms with Gasteiger partial charge in [0.25, 0.3) is 0 Å². The number of carbonyl (C=O) groups excluding carboxylic acids is 1. The molecular weight excluding hydrogens is 265 g/mol. The number of hydrogen-bond donors (Lipinski definition) is 0. The lowest BCUT2D eigenvalue weighted by Gasteiger charge is -2.52. The molecule has 2 nitrogen and oxygen atoms in total. The maximum atomic E-state index is 12.4. The van der Waals surface area contributed by atoms with Gasteiger partial charge >= 0.3 is 0 Å². The molecule has 1 atom stereocenters. The van der Waals surface area contributed by atoms with E-state index in [0.29, 0.717) is 5.91 Å². The lowest BCUT2D eigenvalue weighted by Crippen LogP contribution is -2.59. The lowest BCUT2D eigenvalue weighted by molar-refractivity contribution is -0.154. The van der Waals surface area contributed by atoms with Crippen molar-refractivity contribution in [2.24, 2.45) is 11.3 Å². The van der Waals surface area contributed by atoms with Crippen LogP contribution in [0.4, 0.5) is 0 Å². The largest absolute Gasteiger partial charge is 0.323 e. The fraction of sp³-hybridized carbons (Fsp3) is 0.941. The molecule has 0 bridgehead atoms. The quantitative estimate of drug-likeness (QED) is 0.378. The zero-order valence-electron chi connectivity index (χ0n) is 13.0. The molecule has 1 unspecified atom stereocenters. The summed E-state index contributed by atoms with van der Waals surface area (Å²) in [4.78, 5) is 12.4. The van der Waals surface area contributed by atoms with Crippen molar-refractivity contribution in [3.8, 4) is 0 Å². The first kappa shape index (κ1) is 14.8. The van der Waals surface area contributed by atoms with Crippen molar-refractivity contribution in [1.82, 2.24) is 4.67 Å². The summed E-state index contributed by atoms with van der Waals surface area (Å²) < 4.78 is 2.18. The number of unbranched alkanes of at least 4 members (excludes halogenated alkanes) is 3. The smallest absolute Gasteiger partial charge is 0.233 e. The van der Waals surface area contributed by atoms with Gasteiger partial charge in [0.1, 0.15) is 0 Å². The van der Waals surface area contributed by atoms with Gasteiger partial charge in [-0.15, -0.1) is 0 Å². The first-order chi connectivity index (χ1) is 9.73. The van der Waals surface area contributed by atoms with Crippen molar-refractivity contribution >= 4 is 14.6 Å². The van der Waals surface area contributed by atoms with Crippen LogP contribution in [-0.4, -0.2) is 22.8 Å². The highest BCUT2D eigenvalue weighted by Crippen LogP contribution is 2.54. The second kappa shape index (κ2) is 6.34. The van der Waals surface area contributed by atoms with Gasteiger partial charge in [0.15, 0.2) is 0 Å². The summed E-state index contributed by atoms with van der Waals surface area (Å²) in [7, 11) is 0.817. The van der Waals surface area contributed by atoms with Gasteiger partial charge in [-0.25, -0.2) is 0 Å². The molecule has 0 radical (unpaired) electrons. The zero-order valence-corrected chi connectivity index (χ0v) is 14.0. The Labute approximate surface area is 125 Å². The van der Waals surface area contributed by atoms with Crippen LogP contribution in [0, 0.1) is 11.3 Å². The minimum atomic E-state index is 0.113. The molecule has 1 amide bonds. The minimum Gasteiger partial charge on any atom is -0.323 e. The van der Waals surface area contributed by atoms with Crippen molar-refractivity contribution in [3.05, 3.63) is 0 Å². The predicted octanol–water partition coefficient (Wildman–Crippen LogP) is 4.73. The summed E-state index contributed by atoms with van der Waals surface area (Å²) >= 11 is 0. The normalized spacial score (nSPS) is 34.1. The maximum absolute atomic E-state index is 12.4. The Morgan fingerprint density at radius 2 is 1.90 bits per heavy atom. The van der Waals surface area contributed by atoms with Gasteiger partial charge in [0, 0.05) is 6.54 Å². The summed E-state index contributed by atoms with van der Waals surface area (Å²) in [6, 6.07) is 0. The van der Waals surface area contributed by atoms with Gasteiger partial charge in [-0.05, 0) is 58.8 Å². The summed E-state index contributed by atoms with van der Waals surface area (Å²) in [6.45, 7) is 3.38. The van der Waals surface area contributed by atoms with Gasteiger partial charge in [-0.1, -0.05) is 39.0 Å². The number of β-lactam (4-membered cyclic amide) rings is 1. The monoisotopic (exact) mass is 295 g/mol. The average molecular weight is 295 g/mol. The highest BCUT2D eigenvalue weighted by molar-refractivity contribution is 7.37. The summed E-state index contributed by atoms with van der Waals surface area (Å²) in [5.41, 5.74) is 0.994. The number of rotatable bonds is 7. The third-order valence-corrected chi connectivity index (χ3v) is 7.22. The van der Waals surface area contributed by atoms with Gasteiger partial charge < -0.3 is 4.67 Å². The number of hydrogen-bond acceptors (Lipinski definition) is 1.